The number of hydrogen-bond acceptors (Lipinski definition) is 1. The molecule has 0 aromatic carbocycles. The SMILES string of the molecule is C[N+]1(CC[N+]2(C)C[C@H]3CCCC[C@@H]3C2)CCOCC1. The topological polar surface area (TPSA) is 9.23 Å². The van der Waals surface area contributed by atoms with Gasteiger partial charge in [0.15, 0.2) is 0 Å². The Morgan fingerprint density at radius 1 is 0.842 bits per heavy atom. The summed E-state index contributed by atoms with van der Waals surface area (Å²) in [5.41, 5.74) is 0. The maximum absolute atomic E-state index is 5.52. The van der Waals surface area contributed by atoms with Crippen molar-refractivity contribution in [2.24, 2.45) is 11.8 Å². The van der Waals surface area contributed by atoms with Crippen LogP contribution in [0.15, 0.2) is 0 Å². The highest BCUT2D eigenvalue weighted by Gasteiger charge is 2.44. The largest absolute Gasteiger partial charge is 0.370 e. The summed E-state index contributed by atoms with van der Waals surface area (Å²) in [5.74, 6) is 2.10. The molecule has 3 nitrogen and oxygen atoms in total. The van der Waals surface area contributed by atoms with Gasteiger partial charge in [0, 0.05) is 11.8 Å². The fourth-order valence-corrected chi connectivity index (χ4v) is 4.64. The number of hydrogen-bond donors (Lipinski definition) is 0. The van der Waals surface area contributed by atoms with Crippen LogP contribution >= 0.6 is 0 Å². The van der Waals surface area contributed by atoms with Crippen LogP contribution in [0.5, 0.6) is 0 Å². The first-order chi connectivity index (χ1) is 9.09. The van der Waals surface area contributed by atoms with Gasteiger partial charge in [0.25, 0.3) is 0 Å². The molecule has 110 valence electrons. The summed E-state index contributed by atoms with van der Waals surface area (Å²) >= 11 is 0. The minimum atomic E-state index is 0.964. The van der Waals surface area contributed by atoms with Gasteiger partial charge in [-0.05, 0) is 12.8 Å². The van der Waals surface area contributed by atoms with Gasteiger partial charge in [-0.1, -0.05) is 12.8 Å². The standard InChI is InChI=1S/C16H32N2O/c1-17(9-11-19-12-10-17)7-8-18(2)13-15-5-3-4-6-16(15)14-18/h15-16H,3-14H2,1-2H3/q+2/t15-,16-/m1/s1. The van der Waals surface area contributed by atoms with Gasteiger partial charge in [0.05, 0.1) is 40.4 Å². The Morgan fingerprint density at radius 2 is 1.37 bits per heavy atom. The molecule has 0 unspecified atom stereocenters. The molecule has 0 aromatic heterocycles. The average molecular weight is 268 g/mol. The zero-order valence-electron chi connectivity index (χ0n) is 12.9. The summed E-state index contributed by atoms with van der Waals surface area (Å²) < 4.78 is 8.11. The molecule has 0 amide bonds. The number of nitrogens with zero attached hydrogens (tertiary/aromatic N) is 2. The normalized spacial score (nSPS) is 36.9. The molecule has 3 rings (SSSR count). The zero-order valence-corrected chi connectivity index (χ0v) is 12.9. The maximum atomic E-state index is 5.52. The Hall–Kier alpha value is -0.120. The Morgan fingerprint density at radius 3 is 1.95 bits per heavy atom. The molecule has 0 aromatic rings. The lowest BCUT2D eigenvalue weighted by atomic mass is 9.82. The lowest BCUT2D eigenvalue weighted by Crippen LogP contribution is -2.57. The first-order valence-electron chi connectivity index (χ1n) is 8.34. The third kappa shape index (κ3) is 3.14. The van der Waals surface area contributed by atoms with E-state index < -0.39 is 0 Å². The molecular weight excluding hydrogens is 236 g/mol. The third-order valence-electron chi connectivity index (χ3n) is 6.15. The van der Waals surface area contributed by atoms with Crippen LogP contribution in [0.4, 0.5) is 0 Å². The van der Waals surface area contributed by atoms with Crippen LogP contribution < -0.4 is 0 Å². The van der Waals surface area contributed by atoms with E-state index in [0.29, 0.717) is 0 Å². The summed E-state index contributed by atoms with van der Waals surface area (Å²) in [6.07, 6.45) is 6.01. The predicted octanol–water partition coefficient (Wildman–Crippen LogP) is 1.73. The number of fused-ring (bicyclic) bond motifs is 1. The third-order valence-corrected chi connectivity index (χ3v) is 6.15. The number of likely N-dealkylation sites (N-methyl/N-ethyl adjacent to an activating group) is 2. The van der Waals surface area contributed by atoms with Crippen molar-refractivity contribution in [3.8, 4) is 0 Å². The molecule has 1 saturated carbocycles. The van der Waals surface area contributed by atoms with Crippen molar-refractivity contribution in [2.45, 2.75) is 25.7 Å². The van der Waals surface area contributed by atoms with Crippen LogP contribution in [0.3, 0.4) is 0 Å². The van der Waals surface area contributed by atoms with E-state index in [4.69, 9.17) is 4.74 Å². The van der Waals surface area contributed by atoms with E-state index in [1.807, 2.05) is 0 Å². The molecule has 0 spiro atoms. The van der Waals surface area contributed by atoms with E-state index in [2.05, 4.69) is 14.1 Å². The van der Waals surface area contributed by atoms with Crippen molar-refractivity contribution < 1.29 is 13.7 Å². The van der Waals surface area contributed by atoms with Gasteiger partial charge in [-0.3, -0.25) is 0 Å². The second-order valence-electron chi connectivity index (χ2n) is 7.92. The van der Waals surface area contributed by atoms with Crippen molar-refractivity contribution in [3.05, 3.63) is 0 Å². The Kier molecular flexibility index (Phi) is 3.89. The molecule has 19 heavy (non-hydrogen) atoms. The molecule has 3 heteroatoms. The molecule has 1 aliphatic carbocycles. The summed E-state index contributed by atoms with van der Waals surface area (Å²) in [7, 11) is 4.95. The summed E-state index contributed by atoms with van der Waals surface area (Å²) in [4.78, 5) is 0. The Labute approximate surface area is 118 Å². The quantitative estimate of drug-likeness (QED) is 0.708. The molecule has 3 aliphatic rings. The molecule has 2 aliphatic heterocycles. The predicted molar refractivity (Wildman–Crippen MR) is 77.8 cm³/mol. The molecular formula is C16H32N2O+2. The van der Waals surface area contributed by atoms with Crippen LogP contribution in [0.2, 0.25) is 0 Å². The van der Waals surface area contributed by atoms with Gasteiger partial charge in [0.1, 0.15) is 26.2 Å². The van der Waals surface area contributed by atoms with Crippen molar-refractivity contribution in [1.29, 1.82) is 0 Å². The number of quaternary nitrogens is 2. The second kappa shape index (κ2) is 5.34. The lowest BCUT2D eigenvalue weighted by Gasteiger charge is -2.40. The summed E-state index contributed by atoms with van der Waals surface area (Å²) in [5, 5.41) is 0. The van der Waals surface area contributed by atoms with Crippen molar-refractivity contribution in [2.75, 3.05) is 66.6 Å². The lowest BCUT2D eigenvalue weighted by molar-refractivity contribution is -0.963. The summed E-state index contributed by atoms with van der Waals surface area (Å²) in [6.45, 7) is 10.0. The molecule has 2 atom stereocenters. The Bertz CT molecular complexity index is 298. The van der Waals surface area contributed by atoms with Crippen LogP contribution in [-0.2, 0) is 4.74 Å². The molecule has 2 heterocycles. The zero-order chi connectivity index (χ0) is 13.3. The fraction of sp³-hybridized carbons (Fsp3) is 1.00. The minimum Gasteiger partial charge on any atom is -0.370 e. The monoisotopic (exact) mass is 268 g/mol. The fourth-order valence-electron chi connectivity index (χ4n) is 4.64. The van der Waals surface area contributed by atoms with Crippen molar-refractivity contribution >= 4 is 0 Å². The number of ether oxygens (including phenoxy) is 1. The smallest absolute Gasteiger partial charge is 0.128 e. The Balaban J connectivity index is 1.54. The summed E-state index contributed by atoms with van der Waals surface area (Å²) in [6, 6.07) is 0. The molecule has 0 N–H and O–H groups in total. The van der Waals surface area contributed by atoms with Gasteiger partial charge in [-0.25, -0.2) is 0 Å². The van der Waals surface area contributed by atoms with E-state index in [0.717, 1.165) is 25.0 Å². The van der Waals surface area contributed by atoms with Crippen molar-refractivity contribution in [3.63, 3.8) is 0 Å². The molecule has 0 radical (unpaired) electrons. The highest BCUT2D eigenvalue weighted by molar-refractivity contribution is 4.80. The first-order valence-corrected chi connectivity index (χ1v) is 8.34. The van der Waals surface area contributed by atoms with Crippen LogP contribution in [0.1, 0.15) is 25.7 Å². The highest BCUT2D eigenvalue weighted by Crippen LogP contribution is 2.38. The number of rotatable bonds is 3. The van der Waals surface area contributed by atoms with Crippen LogP contribution in [0.25, 0.3) is 0 Å². The maximum Gasteiger partial charge on any atom is 0.128 e. The van der Waals surface area contributed by atoms with Gasteiger partial charge in [0.2, 0.25) is 0 Å². The van der Waals surface area contributed by atoms with Gasteiger partial charge in [-0.15, -0.1) is 0 Å². The number of likely N-dealkylation sites (tertiary alicyclic amines) is 1. The van der Waals surface area contributed by atoms with Gasteiger partial charge < -0.3 is 13.7 Å². The van der Waals surface area contributed by atoms with Crippen LogP contribution in [0, 0.1) is 11.8 Å². The van der Waals surface area contributed by atoms with E-state index in [1.54, 1.807) is 0 Å². The average Bonchev–Trinajstić information content (AvgIpc) is 2.74. The van der Waals surface area contributed by atoms with E-state index >= 15 is 0 Å². The highest BCUT2D eigenvalue weighted by atomic mass is 16.5. The van der Waals surface area contributed by atoms with E-state index in [1.165, 1.54) is 73.9 Å². The van der Waals surface area contributed by atoms with Gasteiger partial charge in [-0.2, -0.15) is 0 Å². The van der Waals surface area contributed by atoms with Gasteiger partial charge >= 0.3 is 0 Å². The minimum absolute atomic E-state index is 0.964. The number of morpholine rings is 1. The molecule has 0 bridgehead atoms. The second-order valence-corrected chi connectivity index (χ2v) is 7.92. The van der Waals surface area contributed by atoms with Crippen LogP contribution in [-0.4, -0.2) is 75.5 Å². The van der Waals surface area contributed by atoms with E-state index in [9.17, 15) is 0 Å². The van der Waals surface area contributed by atoms with E-state index in [-0.39, 0.29) is 0 Å². The van der Waals surface area contributed by atoms with Crippen molar-refractivity contribution in [1.82, 2.24) is 0 Å². The first kappa shape index (κ1) is 13.8. The molecule has 2 saturated heterocycles. The molecule has 3 fully saturated rings.